The Balaban J connectivity index is 1.85. The van der Waals surface area contributed by atoms with Crippen molar-refractivity contribution in [3.05, 3.63) is 63.1 Å². The van der Waals surface area contributed by atoms with Crippen molar-refractivity contribution in [1.29, 1.82) is 0 Å². The van der Waals surface area contributed by atoms with Crippen LogP contribution in [0.2, 0.25) is 10.0 Å². The standard InChI is InChI=1S/C18H18Cl2N2O/c1-11-12-5-3-8-17(21-2)14(12)10-22(11)18(23)9-13-15(19)6-4-7-16(13)20/h3-8,11,21H,9-10H2,1-2H3. The molecule has 0 fully saturated rings. The molecule has 0 radical (unpaired) electrons. The molecular weight excluding hydrogens is 331 g/mol. The summed E-state index contributed by atoms with van der Waals surface area (Å²) in [5.74, 6) is 0.0331. The van der Waals surface area contributed by atoms with E-state index >= 15 is 0 Å². The molecule has 120 valence electrons. The normalized spacial score (nSPS) is 16.3. The van der Waals surface area contributed by atoms with Crippen molar-refractivity contribution in [3.63, 3.8) is 0 Å². The van der Waals surface area contributed by atoms with Gasteiger partial charge in [-0.05, 0) is 41.8 Å². The first kappa shape index (κ1) is 16.2. The average molecular weight is 349 g/mol. The fraction of sp³-hybridized carbons (Fsp3) is 0.278. The van der Waals surface area contributed by atoms with Gasteiger partial charge in [-0.2, -0.15) is 0 Å². The second kappa shape index (κ2) is 6.42. The van der Waals surface area contributed by atoms with Crippen LogP contribution in [0.25, 0.3) is 0 Å². The zero-order valence-corrected chi connectivity index (χ0v) is 14.6. The Kier molecular flexibility index (Phi) is 4.51. The highest BCUT2D eigenvalue weighted by Gasteiger charge is 2.32. The van der Waals surface area contributed by atoms with Gasteiger partial charge in [0.1, 0.15) is 0 Å². The Hall–Kier alpha value is -1.71. The van der Waals surface area contributed by atoms with E-state index in [0.29, 0.717) is 22.2 Å². The van der Waals surface area contributed by atoms with Crippen LogP contribution in [0.15, 0.2) is 36.4 Å². The van der Waals surface area contributed by atoms with Crippen molar-refractivity contribution in [2.24, 2.45) is 0 Å². The first-order valence-corrected chi connectivity index (χ1v) is 8.30. The van der Waals surface area contributed by atoms with Gasteiger partial charge in [0.05, 0.1) is 12.5 Å². The van der Waals surface area contributed by atoms with Gasteiger partial charge < -0.3 is 10.2 Å². The molecule has 2 aromatic carbocycles. The summed E-state index contributed by atoms with van der Waals surface area (Å²) in [6.45, 7) is 2.66. The van der Waals surface area contributed by atoms with Crippen molar-refractivity contribution in [2.45, 2.75) is 25.9 Å². The molecule has 1 aliphatic heterocycles. The lowest BCUT2D eigenvalue weighted by molar-refractivity contribution is -0.132. The van der Waals surface area contributed by atoms with Crippen molar-refractivity contribution < 1.29 is 4.79 Å². The molecule has 0 saturated carbocycles. The van der Waals surface area contributed by atoms with E-state index in [2.05, 4.69) is 18.3 Å². The van der Waals surface area contributed by atoms with Crippen LogP contribution in [0.3, 0.4) is 0 Å². The molecule has 5 heteroatoms. The summed E-state index contributed by atoms with van der Waals surface area (Å²) >= 11 is 12.4. The molecule has 0 aliphatic carbocycles. The van der Waals surface area contributed by atoms with Crippen molar-refractivity contribution in [1.82, 2.24) is 4.90 Å². The van der Waals surface area contributed by atoms with E-state index in [1.807, 2.05) is 24.1 Å². The van der Waals surface area contributed by atoms with Crippen molar-refractivity contribution >= 4 is 34.8 Å². The van der Waals surface area contributed by atoms with Crippen LogP contribution in [0.1, 0.15) is 29.7 Å². The molecule has 1 N–H and O–H groups in total. The van der Waals surface area contributed by atoms with Gasteiger partial charge in [-0.15, -0.1) is 0 Å². The number of carbonyl (C=O) groups is 1. The van der Waals surface area contributed by atoms with E-state index in [0.717, 1.165) is 5.69 Å². The molecule has 0 bridgehead atoms. The van der Waals surface area contributed by atoms with E-state index in [9.17, 15) is 4.79 Å². The highest BCUT2D eigenvalue weighted by molar-refractivity contribution is 6.36. The van der Waals surface area contributed by atoms with Crippen LogP contribution in [0.5, 0.6) is 0 Å². The van der Waals surface area contributed by atoms with Gasteiger partial charge in [0.15, 0.2) is 0 Å². The molecular formula is C18H18Cl2N2O. The highest BCUT2D eigenvalue weighted by Crippen LogP contribution is 2.38. The van der Waals surface area contributed by atoms with Crippen LogP contribution in [-0.4, -0.2) is 17.9 Å². The number of carbonyl (C=O) groups excluding carboxylic acids is 1. The molecule has 1 atom stereocenters. The fourth-order valence-corrected chi connectivity index (χ4v) is 3.67. The highest BCUT2D eigenvalue weighted by atomic mass is 35.5. The van der Waals surface area contributed by atoms with E-state index in [4.69, 9.17) is 23.2 Å². The molecule has 1 amide bonds. The number of fused-ring (bicyclic) bond motifs is 1. The number of anilines is 1. The monoisotopic (exact) mass is 348 g/mol. The zero-order valence-electron chi connectivity index (χ0n) is 13.1. The molecule has 1 heterocycles. The van der Waals surface area contributed by atoms with E-state index < -0.39 is 0 Å². The third-order valence-corrected chi connectivity index (χ3v) is 5.15. The Bertz CT molecular complexity index is 740. The number of rotatable bonds is 3. The molecule has 3 nitrogen and oxygen atoms in total. The number of nitrogens with one attached hydrogen (secondary N) is 1. The number of nitrogens with zero attached hydrogens (tertiary/aromatic N) is 1. The number of hydrogen-bond donors (Lipinski definition) is 1. The van der Waals surface area contributed by atoms with E-state index in [1.54, 1.807) is 18.2 Å². The minimum absolute atomic E-state index is 0.0331. The van der Waals surface area contributed by atoms with Gasteiger partial charge in [0.2, 0.25) is 5.91 Å². The first-order chi connectivity index (χ1) is 11.0. The summed E-state index contributed by atoms with van der Waals surface area (Å²) in [5, 5.41) is 4.26. The Morgan fingerprint density at radius 2 is 1.87 bits per heavy atom. The molecule has 1 aliphatic rings. The van der Waals surface area contributed by atoms with Gasteiger partial charge in [-0.25, -0.2) is 0 Å². The topological polar surface area (TPSA) is 32.3 Å². The Morgan fingerprint density at radius 3 is 2.52 bits per heavy atom. The Labute approximate surface area is 146 Å². The van der Waals surface area contributed by atoms with E-state index in [1.165, 1.54) is 11.1 Å². The van der Waals surface area contributed by atoms with Crippen molar-refractivity contribution in [2.75, 3.05) is 12.4 Å². The van der Waals surface area contributed by atoms with Crippen LogP contribution in [0.4, 0.5) is 5.69 Å². The van der Waals surface area contributed by atoms with Gasteiger partial charge in [0, 0.05) is 29.3 Å². The van der Waals surface area contributed by atoms with Gasteiger partial charge in [-0.3, -0.25) is 4.79 Å². The minimum atomic E-state index is 0.0331. The summed E-state index contributed by atoms with van der Waals surface area (Å²) in [6, 6.07) is 11.5. The molecule has 2 aromatic rings. The third-order valence-electron chi connectivity index (χ3n) is 4.44. The van der Waals surface area contributed by atoms with E-state index in [-0.39, 0.29) is 18.4 Å². The second-order valence-corrected chi connectivity index (χ2v) is 6.51. The summed E-state index contributed by atoms with van der Waals surface area (Å²) < 4.78 is 0. The third kappa shape index (κ3) is 2.91. The van der Waals surface area contributed by atoms with Gasteiger partial charge in [0.25, 0.3) is 0 Å². The second-order valence-electron chi connectivity index (χ2n) is 5.70. The van der Waals surface area contributed by atoms with Crippen LogP contribution in [-0.2, 0) is 17.8 Å². The van der Waals surface area contributed by atoms with Gasteiger partial charge in [-0.1, -0.05) is 41.4 Å². The maximum Gasteiger partial charge on any atom is 0.227 e. The van der Waals surface area contributed by atoms with Crippen molar-refractivity contribution in [3.8, 4) is 0 Å². The number of benzene rings is 2. The molecule has 3 rings (SSSR count). The summed E-state index contributed by atoms with van der Waals surface area (Å²) in [4.78, 5) is 14.7. The number of hydrogen-bond acceptors (Lipinski definition) is 2. The lowest BCUT2D eigenvalue weighted by Gasteiger charge is -2.22. The quantitative estimate of drug-likeness (QED) is 0.873. The summed E-state index contributed by atoms with van der Waals surface area (Å²) in [7, 11) is 1.90. The van der Waals surface area contributed by atoms with Crippen LogP contribution < -0.4 is 5.32 Å². The summed E-state index contributed by atoms with van der Waals surface area (Å²) in [6.07, 6.45) is 0.214. The van der Waals surface area contributed by atoms with Gasteiger partial charge >= 0.3 is 0 Å². The lowest BCUT2D eigenvalue weighted by Crippen LogP contribution is -2.29. The lowest BCUT2D eigenvalue weighted by atomic mass is 10.0. The first-order valence-electron chi connectivity index (χ1n) is 7.54. The maximum absolute atomic E-state index is 12.8. The van der Waals surface area contributed by atoms with Crippen LogP contribution >= 0.6 is 23.2 Å². The largest absolute Gasteiger partial charge is 0.388 e. The molecule has 0 aromatic heterocycles. The maximum atomic E-state index is 12.8. The SMILES string of the molecule is CNc1cccc2c1CN(C(=O)Cc1c(Cl)cccc1Cl)C2C. The van der Waals surface area contributed by atoms with Crippen LogP contribution in [0, 0.1) is 0 Å². The molecule has 23 heavy (non-hydrogen) atoms. The zero-order chi connectivity index (χ0) is 16.6. The Morgan fingerprint density at radius 1 is 1.22 bits per heavy atom. The predicted molar refractivity (Wildman–Crippen MR) is 95.1 cm³/mol. The fourth-order valence-electron chi connectivity index (χ4n) is 3.14. The minimum Gasteiger partial charge on any atom is -0.388 e. The number of halogens is 2. The molecule has 0 saturated heterocycles. The molecule has 0 spiro atoms. The summed E-state index contributed by atoms with van der Waals surface area (Å²) in [5.41, 5.74) is 4.13. The molecule has 1 unspecified atom stereocenters. The predicted octanol–water partition coefficient (Wildman–Crippen LogP) is 4.68. The average Bonchev–Trinajstić information content (AvgIpc) is 2.88. The smallest absolute Gasteiger partial charge is 0.227 e. The number of amides is 1.